The van der Waals surface area contributed by atoms with E-state index in [2.05, 4.69) is 17.6 Å². The third-order valence-corrected chi connectivity index (χ3v) is 5.36. The molecular weight excluding hydrogens is 304 g/mol. The van der Waals surface area contributed by atoms with Gasteiger partial charge in [0.25, 0.3) is 0 Å². The van der Waals surface area contributed by atoms with Crippen LogP contribution in [-0.4, -0.2) is 36.4 Å². The van der Waals surface area contributed by atoms with Crippen LogP contribution < -0.4 is 10.6 Å². The minimum absolute atomic E-state index is 0.0571. The Morgan fingerprint density at radius 3 is 2.71 bits per heavy atom. The zero-order valence-electron chi connectivity index (χ0n) is 14.3. The van der Waals surface area contributed by atoms with Crippen LogP contribution in [0.1, 0.15) is 50.7 Å². The van der Waals surface area contributed by atoms with Gasteiger partial charge in [0.2, 0.25) is 0 Å². The van der Waals surface area contributed by atoms with Gasteiger partial charge < -0.3 is 20.5 Å². The van der Waals surface area contributed by atoms with Crippen LogP contribution in [0, 0.1) is 5.41 Å². The number of hydrogen-bond donors (Lipinski definition) is 3. The van der Waals surface area contributed by atoms with E-state index in [0.717, 1.165) is 44.3 Å². The molecule has 0 radical (unpaired) electrons. The molecule has 2 aliphatic rings. The summed E-state index contributed by atoms with van der Waals surface area (Å²) >= 11 is 0. The highest BCUT2D eigenvalue weighted by Gasteiger charge is 2.49. The van der Waals surface area contributed by atoms with Crippen LogP contribution in [0.2, 0.25) is 0 Å². The number of carbonyl (C=O) groups is 1. The number of amides is 2. The summed E-state index contributed by atoms with van der Waals surface area (Å²) in [6.45, 7) is 3.35. The summed E-state index contributed by atoms with van der Waals surface area (Å²) in [6, 6.07) is 9.58. The molecule has 1 aromatic carbocycles. The van der Waals surface area contributed by atoms with Crippen molar-refractivity contribution in [2.75, 3.05) is 13.2 Å². The van der Waals surface area contributed by atoms with Gasteiger partial charge in [0.15, 0.2) is 0 Å². The highest BCUT2D eigenvalue weighted by atomic mass is 16.5. The molecular formula is C19H28N2O3. The smallest absolute Gasteiger partial charge is 0.315 e. The quantitative estimate of drug-likeness (QED) is 0.719. The molecule has 2 amide bonds. The lowest BCUT2D eigenvalue weighted by atomic mass is 9.93. The molecule has 24 heavy (non-hydrogen) atoms. The molecule has 0 spiro atoms. The third-order valence-electron chi connectivity index (χ3n) is 5.36. The maximum Gasteiger partial charge on any atom is 0.315 e. The number of rotatable bonds is 7. The molecule has 3 N–H and O–H groups in total. The second-order valence-corrected chi connectivity index (χ2v) is 7.07. The van der Waals surface area contributed by atoms with Gasteiger partial charge in [0.05, 0.1) is 18.2 Å². The number of ether oxygens (including phenoxy) is 1. The number of aliphatic hydroxyl groups is 1. The van der Waals surface area contributed by atoms with Crippen LogP contribution in [0.25, 0.3) is 0 Å². The fourth-order valence-corrected chi connectivity index (χ4v) is 3.55. The third kappa shape index (κ3) is 3.90. The summed E-state index contributed by atoms with van der Waals surface area (Å²) in [5.41, 5.74) is 0.701. The molecule has 2 fully saturated rings. The Labute approximate surface area is 143 Å². The molecule has 0 aromatic heterocycles. The largest absolute Gasteiger partial charge is 0.388 e. The molecule has 132 valence electrons. The summed E-state index contributed by atoms with van der Waals surface area (Å²) in [7, 11) is 0. The standard InChI is InChI=1S/C19H28N2O3/c1-2-15(16-9-6-12-24-16)21-18(23)20-13-19(10-11-19)17(22)14-7-4-3-5-8-14/h3-5,7-8,15-17,22H,2,6,9-13H2,1H3,(H2,20,21,23). The van der Waals surface area contributed by atoms with Gasteiger partial charge in [0.1, 0.15) is 0 Å². The van der Waals surface area contributed by atoms with Crippen LogP contribution in [-0.2, 0) is 4.74 Å². The molecule has 5 nitrogen and oxygen atoms in total. The van der Waals surface area contributed by atoms with Gasteiger partial charge in [-0.25, -0.2) is 4.79 Å². The predicted molar refractivity (Wildman–Crippen MR) is 92.7 cm³/mol. The number of hydrogen-bond acceptors (Lipinski definition) is 3. The highest BCUT2D eigenvalue weighted by Crippen LogP contribution is 2.54. The normalized spacial score (nSPS) is 24.2. The van der Waals surface area contributed by atoms with Crippen molar-refractivity contribution in [3.8, 4) is 0 Å². The summed E-state index contributed by atoms with van der Waals surface area (Å²) in [4.78, 5) is 12.2. The highest BCUT2D eigenvalue weighted by molar-refractivity contribution is 5.74. The first-order chi connectivity index (χ1) is 11.6. The van der Waals surface area contributed by atoms with Gasteiger partial charge in [-0.1, -0.05) is 37.3 Å². The van der Waals surface area contributed by atoms with Crippen molar-refractivity contribution < 1.29 is 14.6 Å². The van der Waals surface area contributed by atoms with E-state index in [4.69, 9.17) is 4.74 Å². The fraction of sp³-hybridized carbons (Fsp3) is 0.632. The van der Waals surface area contributed by atoms with E-state index >= 15 is 0 Å². The van der Waals surface area contributed by atoms with Crippen molar-refractivity contribution in [2.24, 2.45) is 5.41 Å². The number of carbonyl (C=O) groups excluding carboxylic acids is 1. The van der Waals surface area contributed by atoms with Crippen LogP contribution in [0.15, 0.2) is 30.3 Å². The van der Waals surface area contributed by atoms with Crippen molar-refractivity contribution >= 4 is 6.03 Å². The van der Waals surface area contributed by atoms with Crippen molar-refractivity contribution in [3.63, 3.8) is 0 Å². The lowest BCUT2D eigenvalue weighted by molar-refractivity contribution is 0.0780. The van der Waals surface area contributed by atoms with Gasteiger partial charge in [-0.15, -0.1) is 0 Å². The fourth-order valence-electron chi connectivity index (χ4n) is 3.55. The number of benzene rings is 1. The van der Waals surface area contributed by atoms with Gasteiger partial charge in [-0.2, -0.15) is 0 Å². The Morgan fingerprint density at radius 1 is 1.38 bits per heavy atom. The van der Waals surface area contributed by atoms with Crippen molar-refractivity contribution in [3.05, 3.63) is 35.9 Å². The molecule has 1 heterocycles. The Bertz CT molecular complexity index is 539. The van der Waals surface area contributed by atoms with E-state index < -0.39 is 6.10 Å². The molecule has 0 bridgehead atoms. The molecule has 5 heteroatoms. The van der Waals surface area contributed by atoms with E-state index in [1.807, 2.05) is 30.3 Å². The molecule has 3 rings (SSSR count). The summed E-state index contributed by atoms with van der Waals surface area (Å²) in [5.74, 6) is 0. The van der Waals surface area contributed by atoms with Crippen molar-refractivity contribution in [2.45, 2.75) is 57.3 Å². The Morgan fingerprint density at radius 2 is 2.12 bits per heavy atom. The molecule has 1 aliphatic carbocycles. The van der Waals surface area contributed by atoms with E-state index in [1.165, 1.54) is 0 Å². The average Bonchev–Trinajstić information content (AvgIpc) is 3.22. The van der Waals surface area contributed by atoms with Crippen LogP contribution in [0.4, 0.5) is 4.79 Å². The minimum atomic E-state index is -0.529. The van der Waals surface area contributed by atoms with E-state index in [0.29, 0.717) is 6.54 Å². The number of urea groups is 1. The topological polar surface area (TPSA) is 70.6 Å². The van der Waals surface area contributed by atoms with Crippen LogP contribution >= 0.6 is 0 Å². The first kappa shape index (κ1) is 17.2. The van der Waals surface area contributed by atoms with Crippen molar-refractivity contribution in [1.29, 1.82) is 0 Å². The second-order valence-electron chi connectivity index (χ2n) is 7.07. The van der Waals surface area contributed by atoms with Gasteiger partial charge in [-0.05, 0) is 37.7 Å². The molecule has 1 saturated heterocycles. The maximum atomic E-state index is 12.2. The van der Waals surface area contributed by atoms with Crippen LogP contribution in [0.3, 0.4) is 0 Å². The zero-order chi connectivity index (χ0) is 17.0. The van der Waals surface area contributed by atoms with Gasteiger partial charge in [0, 0.05) is 18.6 Å². The van der Waals surface area contributed by atoms with E-state index in [9.17, 15) is 9.90 Å². The number of aliphatic hydroxyl groups excluding tert-OH is 1. The predicted octanol–water partition coefficient (Wildman–Crippen LogP) is 2.76. The lowest BCUT2D eigenvalue weighted by Gasteiger charge is -2.26. The van der Waals surface area contributed by atoms with E-state index in [-0.39, 0.29) is 23.6 Å². The lowest BCUT2D eigenvalue weighted by Crippen LogP contribution is -2.48. The summed E-state index contributed by atoms with van der Waals surface area (Å²) in [5, 5.41) is 16.6. The first-order valence-corrected chi connectivity index (χ1v) is 9.03. The van der Waals surface area contributed by atoms with Gasteiger partial charge >= 0.3 is 6.03 Å². The van der Waals surface area contributed by atoms with Gasteiger partial charge in [-0.3, -0.25) is 0 Å². The Hall–Kier alpha value is -1.59. The average molecular weight is 332 g/mol. The minimum Gasteiger partial charge on any atom is -0.388 e. The second kappa shape index (κ2) is 7.53. The summed E-state index contributed by atoms with van der Waals surface area (Å²) < 4.78 is 5.68. The molecule has 3 atom stereocenters. The summed E-state index contributed by atoms with van der Waals surface area (Å²) in [6.07, 6.45) is 4.41. The molecule has 1 saturated carbocycles. The van der Waals surface area contributed by atoms with Crippen molar-refractivity contribution in [1.82, 2.24) is 10.6 Å². The monoisotopic (exact) mass is 332 g/mol. The SMILES string of the molecule is CCC(NC(=O)NCC1(C(O)c2ccccc2)CC1)C1CCCO1. The number of nitrogens with one attached hydrogen (secondary N) is 2. The Kier molecular flexibility index (Phi) is 5.41. The molecule has 3 unspecified atom stereocenters. The molecule has 1 aromatic rings. The molecule has 1 aliphatic heterocycles. The first-order valence-electron chi connectivity index (χ1n) is 9.03. The van der Waals surface area contributed by atoms with Crippen LogP contribution in [0.5, 0.6) is 0 Å². The van der Waals surface area contributed by atoms with E-state index in [1.54, 1.807) is 0 Å². The Balaban J connectivity index is 1.50. The maximum absolute atomic E-state index is 12.2. The zero-order valence-corrected chi connectivity index (χ0v) is 14.3.